The summed E-state index contributed by atoms with van der Waals surface area (Å²) in [4.78, 5) is 1.28. The minimum absolute atomic E-state index is 0.689. The molecule has 0 saturated heterocycles. The molecular weight excluding hydrogens is 298 g/mol. The average Bonchev–Trinajstić information content (AvgIpc) is 2.74. The highest BCUT2D eigenvalue weighted by atomic mass is 79.9. The fraction of sp³-hybridized carbons (Fsp3) is 0.231. The zero-order chi connectivity index (χ0) is 12.1. The van der Waals surface area contributed by atoms with E-state index < -0.39 is 0 Å². The van der Waals surface area contributed by atoms with Crippen LogP contribution in [0.1, 0.15) is 12.7 Å². The molecule has 2 aromatic rings. The zero-order valence-electron chi connectivity index (χ0n) is 9.57. The van der Waals surface area contributed by atoms with E-state index in [9.17, 15) is 0 Å². The third-order valence-corrected chi connectivity index (χ3v) is 3.98. The summed E-state index contributed by atoms with van der Waals surface area (Å²) in [5, 5.41) is 3.40. The highest BCUT2D eigenvalue weighted by Gasteiger charge is 2.05. The van der Waals surface area contributed by atoms with Crippen LogP contribution in [0.5, 0.6) is 0 Å². The van der Waals surface area contributed by atoms with Gasteiger partial charge in [0.1, 0.15) is 5.76 Å². The summed E-state index contributed by atoms with van der Waals surface area (Å²) in [5.41, 5.74) is 1.16. The average molecular weight is 312 g/mol. The van der Waals surface area contributed by atoms with Gasteiger partial charge in [0, 0.05) is 10.6 Å². The molecule has 0 unspecified atom stereocenters. The van der Waals surface area contributed by atoms with Crippen molar-refractivity contribution in [2.24, 2.45) is 0 Å². The van der Waals surface area contributed by atoms with Crippen LogP contribution in [0.25, 0.3) is 0 Å². The molecule has 4 heteroatoms. The van der Waals surface area contributed by atoms with E-state index >= 15 is 0 Å². The molecule has 1 heterocycles. The largest absolute Gasteiger partial charge is 0.466 e. The summed E-state index contributed by atoms with van der Waals surface area (Å²) in [5.74, 6) is 1.99. The van der Waals surface area contributed by atoms with Crippen molar-refractivity contribution in [3.8, 4) is 0 Å². The summed E-state index contributed by atoms with van der Waals surface area (Å²) in [6.45, 7) is 2.85. The number of furan rings is 1. The number of halogens is 1. The van der Waals surface area contributed by atoms with Gasteiger partial charge in [-0.1, -0.05) is 19.1 Å². The second kappa shape index (κ2) is 6.17. The van der Waals surface area contributed by atoms with E-state index in [1.807, 2.05) is 23.9 Å². The Morgan fingerprint density at radius 2 is 2.12 bits per heavy atom. The summed E-state index contributed by atoms with van der Waals surface area (Å²) in [6.07, 6.45) is 1.69. The predicted molar refractivity (Wildman–Crippen MR) is 76.6 cm³/mol. The van der Waals surface area contributed by atoms with Crippen LogP contribution in [0.2, 0.25) is 0 Å². The van der Waals surface area contributed by atoms with Crippen LogP contribution in [0.4, 0.5) is 5.69 Å². The molecule has 0 bridgehead atoms. The molecule has 0 atom stereocenters. The molecule has 1 aromatic heterocycles. The molecule has 0 aliphatic rings. The number of hydrogen-bond donors (Lipinski definition) is 1. The van der Waals surface area contributed by atoms with Crippen molar-refractivity contribution in [3.05, 3.63) is 46.8 Å². The first-order chi connectivity index (χ1) is 8.31. The molecular formula is C13H14BrNOS. The van der Waals surface area contributed by atoms with E-state index in [4.69, 9.17) is 4.42 Å². The third-order valence-electron chi connectivity index (χ3n) is 2.32. The maximum Gasteiger partial charge on any atom is 0.136 e. The molecule has 0 aliphatic heterocycles. The van der Waals surface area contributed by atoms with E-state index in [2.05, 4.69) is 46.4 Å². The molecule has 0 saturated carbocycles. The van der Waals surface area contributed by atoms with Crippen molar-refractivity contribution in [1.29, 1.82) is 0 Å². The Hall–Kier alpha value is -0.870. The Morgan fingerprint density at radius 1 is 1.29 bits per heavy atom. The van der Waals surface area contributed by atoms with Crippen LogP contribution < -0.4 is 5.32 Å². The first-order valence-electron chi connectivity index (χ1n) is 5.49. The van der Waals surface area contributed by atoms with Gasteiger partial charge in [-0.05, 0) is 39.9 Å². The first kappa shape index (κ1) is 12.6. The zero-order valence-corrected chi connectivity index (χ0v) is 12.0. The van der Waals surface area contributed by atoms with E-state index in [1.54, 1.807) is 6.26 Å². The van der Waals surface area contributed by atoms with Crippen molar-refractivity contribution in [3.63, 3.8) is 0 Å². The summed E-state index contributed by atoms with van der Waals surface area (Å²) < 4.78 is 6.37. The lowest BCUT2D eigenvalue weighted by Crippen LogP contribution is -1.99. The number of rotatable bonds is 5. The molecule has 90 valence electrons. The Labute approximate surface area is 114 Å². The predicted octanol–water partition coefficient (Wildman–Crippen LogP) is 4.77. The Bertz CT molecular complexity index is 484. The summed E-state index contributed by atoms with van der Waals surface area (Å²) >= 11 is 5.29. The fourth-order valence-electron chi connectivity index (χ4n) is 1.52. The Balaban J connectivity index is 2.06. The van der Waals surface area contributed by atoms with Gasteiger partial charge >= 0.3 is 0 Å². The van der Waals surface area contributed by atoms with Gasteiger partial charge in [0.15, 0.2) is 0 Å². The number of para-hydroxylation sites is 1. The standard InChI is InChI=1S/C13H14BrNOS/c1-2-17-13-6-4-3-5-11(13)15-9-12-10(14)7-8-16-12/h3-8,15H,2,9H2,1H3. The second-order valence-electron chi connectivity index (χ2n) is 3.47. The van der Waals surface area contributed by atoms with Gasteiger partial charge in [-0.25, -0.2) is 0 Å². The molecule has 1 N–H and O–H groups in total. The van der Waals surface area contributed by atoms with Crippen molar-refractivity contribution >= 4 is 33.4 Å². The molecule has 2 rings (SSSR count). The van der Waals surface area contributed by atoms with Crippen LogP contribution in [0.3, 0.4) is 0 Å². The van der Waals surface area contributed by atoms with Crippen molar-refractivity contribution < 1.29 is 4.42 Å². The highest BCUT2D eigenvalue weighted by molar-refractivity contribution is 9.10. The normalized spacial score (nSPS) is 10.5. The number of anilines is 1. The minimum atomic E-state index is 0.689. The molecule has 0 amide bonds. The lowest BCUT2D eigenvalue weighted by molar-refractivity contribution is 0.516. The minimum Gasteiger partial charge on any atom is -0.466 e. The SMILES string of the molecule is CCSc1ccccc1NCc1occc1Br. The number of benzene rings is 1. The van der Waals surface area contributed by atoms with Crippen LogP contribution in [-0.2, 0) is 6.54 Å². The second-order valence-corrected chi connectivity index (χ2v) is 5.63. The molecule has 2 nitrogen and oxygen atoms in total. The Morgan fingerprint density at radius 3 is 2.82 bits per heavy atom. The first-order valence-corrected chi connectivity index (χ1v) is 7.26. The molecule has 0 radical (unpaired) electrons. The van der Waals surface area contributed by atoms with Gasteiger partial charge in [-0.3, -0.25) is 0 Å². The molecule has 1 aromatic carbocycles. The van der Waals surface area contributed by atoms with Crippen molar-refractivity contribution in [2.45, 2.75) is 18.4 Å². The molecule has 0 fully saturated rings. The Kier molecular flexibility index (Phi) is 4.57. The van der Waals surface area contributed by atoms with Crippen LogP contribution in [0, 0.1) is 0 Å². The molecule has 17 heavy (non-hydrogen) atoms. The van der Waals surface area contributed by atoms with Crippen LogP contribution in [-0.4, -0.2) is 5.75 Å². The number of thioether (sulfide) groups is 1. The van der Waals surface area contributed by atoms with Crippen LogP contribution >= 0.6 is 27.7 Å². The van der Waals surface area contributed by atoms with Gasteiger partial charge < -0.3 is 9.73 Å². The van der Waals surface area contributed by atoms with Gasteiger partial charge in [0.25, 0.3) is 0 Å². The highest BCUT2D eigenvalue weighted by Crippen LogP contribution is 2.27. The monoisotopic (exact) mass is 311 g/mol. The van der Waals surface area contributed by atoms with E-state index in [0.717, 1.165) is 21.7 Å². The van der Waals surface area contributed by atoms with Crippen molar-refractivity contribution in [2.75, 3.05) is 11.1 Å². The van der Waals surface area contributed by atoms with Crippen molar-refractivity contribution in [1.82, 2.24) is 0 Å². The quantitative estimate of drug-likeness (QED) is 0.805. The number of nitrogens with one attached hydrogen (secondary N) is 1. The van der Waals surface area contributed by atoms with E-state index in [1.165, 1.54) is 4.90 Å². The maximum atomic E-state index is 5.37. The topological polar surface area (TPSA) is 25.2 Å². The smallest absolute Gasteiger partial charge is 0.136 e. The van der Waals surface area contributed by atoms with Gasteiger partial charge in [-0.2, -0.15) is 0 Å². The summed E-state index contributed by atoms with van der Waals surface area (Å²) in [7, 11) is 0. The van der Waals surface area contributed by atoms with Gasteiger partial charge in [0.2, 0.25) is 0 Å². The fourth-order valence-corrected chi connectivity index (χ4v) is 2.64. The molecule has 0 aliphatic carbocycles. The van der Waals surface area contributed by atoms with E-state index in [-0.39, 0.29) is 0 Å². The lowest BCUT2D eigenvalue weighted by atomic mass is 10.3. The number of hydrogen-bond acceptors (Lipinski definition) is 3. The maximum absolute atomic E-state index is 5.37. The third kappa shape index (κ3) is 3.30. The van der Waals surface area contributed by atoms with E-state index in [0.29, 0.717) is 6.54 Å². The van der Waals surface area contributed by atoms with Gasteiger partial charge in [0.05, 0.1) is 17.3 Å². The molecule has 0 spiro atoms. The van der Waals surface area contributed by atoms with Gasteiger partial charge in [-0.15, -0.1) is 11.8 Å². The van der Waals surface area contributed by atoms with Crippen LogP contribution in [0.15, 0.2) is 50.4 Å². The lowest BCUT2D eigenvalue weighted by Gasteiger charge is -2.10. The summed E-state index contributed by atoms with van der Waals surface area (Å²) in [6, 6.07) is 10.2.